The number of carbonyl (C=O) groups is 1. The number of anilines is 1. The fourth-order valence-corrected chi connectivity index (χ4v) is 3.65. The Morgan fingerprint density at radius 3 is 2.46 bits per heavy atom. The van der Waals surface area contributed by atoms with Crippen LogP contribution in [0.1, 0.15) is 12.0 Å². The first kappa shape index (κ1) is 20.8. The molecule has 2 aromatic carbocycles. The number of carbonyl (C=O) groups excluding carboxylic acids is 1. The number of nitrogens with one attached hydrogen (secondary N) is 1. The highest BCUT2D eigenvalue weighted by atomic mass is 79.9. The van der Waals surface area contributed by atoms with Crippen molar-refractivity contribution in [3.8, 4) is 0 Å². The van der Waals surface area contributed by atoms with Crippen LogP contribution in [0.15, 0.2) is 40.9 Å². The van der Waals surface area contributed by atoms with Crippen molar-refractivity contribution in [1.82, 2.24) is 9.80 Å². The molecule has 2 aromatic rings. The summed E-state index contributed by atoms with van der Waals surface area (Å²) in [4.78, 5) is 16.5. The fraction of sp³-hybridized carbons (Fsp3) is 0.350. The van der Waals surface area contributed by atoms with E-state index in [1.165, 1.54) is 12.1 Å². The maximum absolute atomic E-state index is 13.7. The zero-order valence-corrected chi connectivity index (χ0v) is 16.8. The number of halogens is 4. The van der Waals surface area contributed by atoms with Gasteiger partial charge in [-0.25, -0.2) is 13.2 Å². The molecule has 1 aliphatic heterocycles. The van der Waals surface area contributed by atoms with Gasteiger partial charge in [0, 0.05) is 25.7 Å². The van der Waals surface area contributed by atoms with Crippen molar-refractivity contribution in [3.63, 3.8) is 0 Å². The lowest BCUT2D eigenvalue weighted by molar-refractivity contribution is -0.117. The van der Waals surface area contributed by atoms with Crippen molar-refractivity contribution in [2.24, 2.45) is 0 Å². The average Bonchev–Trinajstić information content (AvgIpc) is 2.86. The molecule has 1 heterocycles. The lowest BCUT2D eigenvalue weighted by atomic mass is 10.2. The first-order valence-corrected chi connectivity index (χ1v) is 9.83. The van der Waals surface area contributed by atoms with Crippen LogP contribution in [-0.2, 0) is 11.3 Å². The van der Waals surface area contributed by atoms with E-state index in [4.69, 9.17) is 0 Å². The molecule has 1 fully saturated rings. The SMILES string of the molecule is O=C(CN1CCCN(Cc2ccc(F)c(Br)c2)CC1)Nc1ccc(F)cc1F. The molecule has 0 spiro atoms. The smallest absolute Gasteiger partial charge is 0.238 e. The third kappa shape index (κ3) is 5.80. The van der Waals surface area contributed by atoms with Crippen molar-refractivity contribution in [2.75, 3.05) is 38.0 Å². The van der Waals surface area contributed by atoms with Gasteiger partial charge in [0.1, 0.15) is 17.5 Å². The van der Waals surface area contributed by atoms with E-state index in [9.17, 15) is 18.0 Å². The lowest BCUT2D eigenvalue weighted by Crippen LogP contribution is -2.36. The molecule has 0 unspecified atom stereocenters. The van der Waals surface area contributed by atoms with E-state index in [0.717, 1.165) is 43.8 Å². The molecule has 0 saturated carbocycles. The molecule has 0 aliphatic carbocycles. The second-order valence-corrected chi connectivity index (χ2v) is 7.68. The van der Waals surface area contributed by atoms with Crippen LogP contribution in [0.4, 0.5) is 18.9 Å². The lowest BCUT2D eigenvalue weighted by Gasteiger charge is -2.21. The zero-order valence-electron chi connectivity index (χ0n) is 15.2. The van der Waals surface area contributed by atoms with Gasteiger partial charge in [-0.05, 0) is 65.3 Å². The molecule has 1 N–H and O–H groups in total. The van der Waals surface area contributed by atoms with Crippen LogP contribution in [0.5, 0.6) is 0 Å². The van der Waals surface area contributed by atoms with E-state index in [1.807, 2.05) is 4.90 Å². The quantitative estimate of drug-likeness (QED) is 0.739. The number of nitrogens with zero attached hydrogens (tertiary/aromatic N) is 2. The van der Waals surface area contributed by atoms with Gasteiger partial charge in [-0.2, -0.15) is 0 Å². The molecular formula is C20H21BrF3N3O. The molecule has 1 saturated heterocycles. The average molecular weight is 456 g/mol. The largest absolute Gasteiger partial charge is 0.322 e. The van der Waals surface area contributed by atoms with Gasteiger partial charge in [-0.1, -0.05) is 6.07 Å². The Morgan fingerprint density at radius 2 is 1.71 bits per heavy atom. The molecule has 28 heavy (non-hydrogen) atoms. The van der Waals surface area contributed by atoms with Gasteiger partial charge >= 0.3 is 0 Å². The van der Waals surface area contributed by atoms with Crippen LogP contribution in [0, 0.1) is 17.5 Å². The van der Waals surface area contributed by atoms with Crippen molar-refractivity contribution >= 4 is 27.5 Å². The van der Waals surface area contributed by atoms with Gasteiger partial charge in [0.05, 0.1) is 16.7 Å². The number of amides is 1. The highest BCUT2D eigenvalue weighted by molar-refractivity contribution is 9.10. The number of rotatable bonds is 5. The Kier molecular flexibility index (Phi) is 7.09. The predicted molar refractivity (Wildman–Crippen MR) is 105 cm³/mol. The van der Waals surface area contributed by atoms with Crippen molar-refractivity contribution < 1.29 is 18.0 Å². The summed E-state index contributed by atoms with van der Waals surface area (Å²) < 4.78 is 40.4. The van der Waals surface area contributed by atoms with E-state index in [-0.39, 0.29) is 24.0 Å². The van der Waals surface area contributed by atoms with Gasteiger partial charge in [0.2, 0.25) is 5.91 Å². The Bertz CT molecular complexity index is 849. The summed E-state index contributed by atoms with van der Waals surface area (Å²) in [5, 5.41) is 2.49. The molecule has 1 amide bonds. The predicted octanol–water partition coefficient (Wildman–Crippen LogP) is 4.01. The van der Waals surface area contributed by atoms with Crippen LogP contribution in [0.25, 0.3) is 0 Å². The topological polar surface area (TPSA) is 35.6 Å². The molecule has 8 heteroatoms. The highest BCUT2D eigenvalue weighted by Gasteiger charge is 2.18. The van der Waals surface area contributed by atoms with Crippen molar-refractivity contribution in [3.05, 3.63) is 63.9 Å². The number of hydrogen-bond donors (Lipinski definition) is 1. The molecule has 1 aliphatic rings. The van der Waals surface area contributed by atoms with Crippen LogP contribution in [0.3, 0.4) is 0 Å². The zero-order chi connectivity index (χ0) is 20.1. The van der Waals surface area contributed by atoms with Crippen LogP contribution >= 0.6 is 15.9 Å². The third-order valence-corrected chi connectivity index (χ3v) is 5.25. The molecule has 0 aromatic heterocycles. The van der Waals surface area contributed by atoms with Gasteiger partial charge in [-0.3, -0.25) is 14.6 Å². The second kappa shape index (κ2) is 9.54. The van der Waals surface area contributed by atoms with Gasteiger partial charge in [-0.15, -0.1) is 0 Å². The van der Waals surface area contributed by atoms with Crippen molar-refractivity contribution in [1.29, 1.82) is 0 Å². The van der Waals surface area contributed by atoms with Crippen LogP contribution in [-0.4, -0.2) is 48.4 Å². The second-order valence-electron chi connectivity index (χ2n) is 6.83. The van der Waals surface area contributed by atoms with Gasteiger partial charge < -0.3 is 5.32 Å². The van der Waals surface area contributed by atoms with Crippen LogP contribution < -0.4 is 5.32 Å². The van der Waals surface area contributed by atoms with Crippen LogP contribution in [0.2, 0.25) is 0 Å². The summed E-state index contributed by atoms with van der Waals surface area (Å²) >= 11 is 3.21. The summed E-state index contributed by atoms with van der Waals surface area (Å²) in [6.45, 7) is 3.95. The van der Waals surface area contributed by atoms with Crippen molar-refractivity contribution in [2.45, 2.75) is 13.0 Å². The van der Waals surface area contributed by atoms with E-state index in [1.54, 1.807) is 12.1 Å². The summed E-state index contributed by atoms with van der Waals surface area (Å²) in [5.41, 5.74) is 0.996. The summed E-state index contributed by atoms with van der Waals surface area (Å²) in [6, 6.07) is 8.07. The van der Waals surface area contributed by atoms with E-state index < -0.39 is 11.6 Å². The van der Waals surface area contributed by atoms with E-state index in [0.29, 0.717) is 17.6 Å². The highest BCUT2D eigenvalue weighted by Crippen LogP contribution is 2.19. The maximum Gasteiger partial charge on any atom is 0.238 e. The Morgan fingerprint density at radius 1 is 0.964 bits per heavy atom. The number of benzene rings is 2. The molecule has 0 radical (unpaired) electrons. The Hall–Kier alpha value is -1.90. The monoisotopic (exact) mass is 455 g/mol. The first-order chi connectivity index (χ1) is 13.4. The van der Waals surface area contributed by atoms with Gasteiger partial charge in [0.25, 0.3) is 0 Å². The molecule has 0 atom stereocenters. The maximum atomic E-state index is 13.7. The third-order valence-electron chi connectivity index (χ3n) is 4.64. The Labute approximate surface area is 170 Å². The Balaban J connectivity index is 1.50. The summed E-state index contributed by atoms with van der Waals surface area (Å²) in [7, 11) is 0. The minimum absolute atomic E-state index is 0.0234. The molecule has 150 valence electrons. The van der Waals surface area contributed by atoms with E-state index >= 15 is 0 Å². The molecular weight excluding hydrogens is 435 g/mol. The summed E-state index contributed by atoms with van der Waals surface area (Å²) in [6.07, 6.45) is 0.889. The minimum atomic E-state index is -0.791. The van der Waals surface area contributed by atoms with Gasteiger partial charge in [0.15, 0.2) is 0 Å². The fourth-order valence-electron chi connectivity index (χ4n) is 3.22. The standard InChI is InChI=1S/C20H21BrF3N3O/c21-16-10-14(2-4-17(16)23)12-26-6-1-7-27(9-8-26)13-20(28)25-19-5-3-15(22)11-18(19)24/h2-5,10-11H,1,6-9,12-13H2,(H,25,28). The molecule has 0 bridgehead atoms. The first-order valence-electron chi connectivity index (χ1n) is 9.04. The molecule has 3 rings (SSSR count). The number of hydrogen-bond acceptors (Lipinski definition) is 3. The normalized spacial score (nSPS) is 16.0. The van der Waals surface area contributed by atoms with E-state index in [2.05, 4.69) is 26.1 Å². The minimum Gasteiger partial charge on any atom is -0.322 e. The molecule has 4 nitrogen and oxygen atoms in total. The summed E-state index contributed by atoms with van der Waals surface area (Å²) in [5.74, 6) is -2.09.